The first-order valence-corrected chi connectivity index (χ1v) is 7.92. The lowest BCUT2D eigenvalue weighted by molar-refractivity contribution is 0.102. The van der Waals surface area contributed by atoms with E-state index < -0.39 is 0 Å². The molecule has 2 N–H and O–H groups in total. The van der Waals surface area contributed by atoms with Crippen LogP contribution in [0.4, 0.5) is 5.13 Å². The van der Waals surface area contributed by atoms with Crippen LogP contribution in [0, 0.1) is 0 Å². The van der Waals surface area contributed by atoms with Gasteiger partial charge in [0.05, 0.1) is 5.69 Å². The summed E-state index contributed by atoms with van der Waals surface area (Å²) >= 11 is 1.41. The first-order valence-electron chi connectivity index (χ1n) is 7.04. The molecule has 0 bridgehead atoms. The van der Waals surface area contributed by atoms with Gasteiger partial charge in [0, 0.05) is 46.0 Å². The van der Waals surface area contributed by atoms with Gasteiger partial charge < -0.3 is 4.98 Å². The van der Waals surface area contributed by atoms with E-state index in [0.29, 0.717) is 10.7 Å². The third kappa shape index (κ3) is 2.60. The highest BCUT2D eigenvalue weighted by atomic mass is 32.1. The Labute approximate surface area is 136 Å². The molecule has 4 aromatic rings. The van der Waals surface area contributed by atoms with Crippen LogP contribution in [0.25, 0.3) is 22.2 Å². The summed E-state index contributed by atoms with van der Waals surface area (Å²) < 4.78 is 0. The number of aromatic amines is 1. The maximum absolute atomic E-state index is 12.1. The van der Waals surface area contributed by atoms with Crippen LogP contribution >= 0.6 is 11.3 Å². The second kappa shape index (κ2) is 5.66. The number of rotatable bonds is 3. The van der Waals surface area contributed by atoms with Crippen molar-refractivity contribution in [2.45, 2.75) is 0 Å². The zero-order chi connectivity index (χ0) is 15.6. The van der Waals surface area contributed by atoms with Crippen molar-refractivity contribution in [2.24, 2.45) is 0 Å². The molecule has 0 fully saturated rings. The van der Waals surface area contributed by atoms with E-state index in [1.807, 2.05) is 29.8 Å². The minimum Gasteiger partial charge on any atom is -0.360 e. The summed E-state index contributed by atoms with van der Waals surface area (Å²) in [6.45, 7) is 0. The molecule has 1 amide bonds. The van der Waals surface area contributed by atoms with Gasteiger partial charge in [-0.15, -0.1) is 11.3 Å². The van der Waals surface area contributed by atoms with Gasteiger partial charge in [-0.2, -0.15) is 0 Å². The van der Waals surface area contributed by atoms with Gasteiger partial charge in [0.15, 0.2) is 5.13 Å². The summed E-state index contributed by atoms with van der Waals surface area (Å²) in [5.74, 6) is -0.188. The Morgan fingerprint density at radius 1 is 1.13 bits per heavy atom. The molecule has 0 aliphatic rings. The van der Waals surface area contributed by atoms with E-state index in [0.717, 1.165) is 22.2 Å². The van der Waals surface area contributed by atoms with Crippen molar-refractivity contribution in [1.29, 1.82) is 0 Å². The van der Waals surface area contributed by atoms with Gasteiger partial charge in [-0.05, 0) is 18.2 Å². The number of carbonyl (C=O) groups excluding carboxylic acids is 1. The quantitative estimate of drug-likeness (QED) is 0.600. The number of carbonyl (C=O) groups is 1. The molecule has 3 aromatic heterocycles. The molecule has 4 rings (SSSR count). The number of aromatic nitrogens is 3. The van der Waals surface area contributed by atoms with E-state index in [1.165, 1.54) is 11.3 Å². The lowest BCUT2D eigenvalue weighted by atomic mass is 10.1. The maximum atomic E-state index is 12.1. The Morgan fingerprint density at radius 2 is 1.96 bits per heavy atom. The summed E-state index contributed by atoms with van der Waals surface area (Å²) in [6, 6.07) is 11.4. The van der Waals surface area contributed by atoms with Crippen molar-refractivity contribution < 1.29 is 4.79 Å². The third-order valence-electron chi connectivity index (χ3n) is 3.53. The summed E-state index contributed by atoms with van der Waals surface area (Å²) in [7, 11) is 0. The average molecular weight is 320 g/mol. The molecule has 1 aromatic carbocycles. The summed E-state index contributed by atoms with van der Waals surface area (Å²) in [4.78, 5) is 23.8. The number of anilines is 1. The molecular formula is C17H12N4OS. The number of benzene rings is 1. The molecule has 6 heteroatoms. The number of thiazole rings is 1. The van der Waals surface area contributed by atoms with Gasteiger partial charge in [-0.1, -0.05) is 18.2 Å². The van der Waals surface area contributed by atoms with Gasteiger partial charge in [0.1, 0.15) is 0 Å². The fourth-order valence-corrected chi connectivity index (χ4v) is 3.12. The molecule has 0 saturated carbocycles. The number of hydrogen-bond acceptors (Lipinski definition) is 4. The highest BCUT2D eigenvalue weighted by molar-refractivity contribution is 7.14. The Balaban J connectivity index is 1.61. The highest BCUT2D eigenvalue weighted by Gasteiger charge is 2.12. The largest absolute Gasteiger partial charge is 0.360 e. The van der Waals surface area contributed by atoms with Crippen LogP contribution in [-0.4, -0.2) is 20.9 Å². The van der Waals surface area contributed by atoms with Gasteiger partial charge >= 0.3 is 0 Å². The Bertz CT molecular complexity index is 974. The van der Waals surface area contributed by atoms with E-state index in [9.17, 15) is 4.79 Å². The summed E-state index contributed by atoms with van der Waals surface area (Å²) in [5.41, 5.74) is 3.50. The number of nitrogens with zero attached hydrogens (tertiary/aromatic N) is 2. The lowest BCUT2D eigenvalue weighted by Crippen LogP contribution is -2.11. The lowest BCUT2D eigenvalue weighted by Gasteiger charge is -2.00. The molecule has 3 heterocycles. The van der Waals surface area contributed by atoms with Crippen LogP contribution in [0.15, 0.2) is 60.4 Å². The monoisotopic (exact) mass is 320 g/mol. The smallest absolute Gasteiger partial charge is 0.257 e. The SMILES string of the molecule is O=C(Nc1nc(-c2c[nH]c3ccccc23)cs1)c1ccncc1. The molecule has 23 heavy (non-hydrogen) atoms. The summed E-state index contributed by atoms with van der Waals surface area (Å²) in [5, 5.41) is 6.45. The van der Waals surface area contributed by atoms with E-state index >= 15 is 0 Å². The van der Waals surface area contributed by atoms with Crippen molar-refractivity contribution in [2.75, 3.05) is 5.32 Å². The molecule has 5 nitrogen and oxygen atoms in total. The van der Waals surface area contributed by atoms with E-state index in [2.05, 4.69) is 26.3 Å². The molecule has 0 unspecified atom stereocenters. The van der Waals surface area contributed by atoms with Gasteiger partial charge in [0.25, 0.3) is 5.91 Å². The van der Waals surface area contributed by atoms with Gasteiger partial charge in [-0.3, -0.25) is 15.1 Å². The highest BCUT2D eigenvalue weighted by Crippen LogP contribution is 2.30. The van der Waals surface area contributed by atoms with Crippen molar-refractivity contribution in [3.63, 3.8) is 0 Å². The zero-order valence-corrected chi connectivity index (χ0v) is 12.8. The molecule has 0 aliphatic carbocycles. The van der Waals surface area contributed by atoms with Crippen LogP contribution < -0.4 is 5.32 Å². The van der Waals surface area contributed by atoms with E-state index in [-0.39, 0.29) is 5.91 Å². The standard InChI is InChI=1S/C17H12N4OS/c22-16(11-5-7-18-8-6-11)21-17-20-15(10-23-17)13-9-19-14-4-2-1-3-12(13)14/h1-10,19H,(H,20,21,22). The predicted molar refractivity (Wildman–Crippen MR) is 91.6 cm³/mol. The van der Waals surface area contributed by atoms with Crippen molar-refractivity contribution in [3.8, 4) is 11.3 Å². The molecule has 112 valence electrons. The zero-order valence-electron chi connectivity index (χ0n) is 12.0. The van der Waals surface area contributed by atoms with Crippen molar-refractivity contribution in [1.82, 2.24) is 15.0 Å². The third-order valence-corrected chi connectivity index (χ3v) is 4.29. The topological polar surface area (TPSA) is 70.7 Å². The van der Waals surface area contributed by atoms with Gasteiger partial charge in [0.2, 0.25) is 0 Å². The summed E-state index contributed by atoms with van der Waals surface area (Å²) in [6.07, 6.45) is 5.12. The minimum absolute atomic E-state index is 0.188. The predicted octanol–water partition coefficient (Wildman–Crippen LogP) is 3.94. The number of amides is 1. The van der Waals surface area contributed by atoms with E-state index in [1.54, 1.807) is 24.5 Å². The average Bonchev–Trinajstić information content (AvgIpc) is 3.22. The Hall–Kier alpha value is -2.99. The van der Waals surface area contributed by atoms with Crippen molar-refractivity contribution in [3.05, 3.63) is 65.9 Å². The number of pyridine rings is 1. The van der Waals surface area contributed by atoms with Crippen LogP contribution in [-0.2, 0) is 0 Å². The number of fused-ring (bicyclic) bond motifs is 1. The van der Waals surface area contributed by atoms with Crippen molar-refractivity contribution >= 4 is 33.3 Å². The molecule has 0 spiro atoms. The van der Waals surface area contributed by atoms with Crippen LogP contribution in [0.2, 0.25) is 0 Å². The number of hydrogen-bond donors (Lipinski definition) is 2. The number of para-hydroxylation sites is 1. The molecular weight excluding hydrogens is 308 g/mol. The molecule has 0 radical (unpaired) electrons. The number of nitrogens with one attached hydrogen (secondary N) is 2. The van der Waals surface area contributed by atoms with Gasteiger partial charge in [-0.25, -0.2) is 4.98 Å². The first kappa shape index (κ1) is 13.7. The molecule has 0 aliphatic heterocycles. The molecule has 0 atom stereocenters. The maximum Gasteiger partial charge on any atom is 0.257 e. The second-order valence-electron chi connectivity index (χ2n) is 4.98. The second-order valence-corrected chi connectivity index (χ2v) is 5.83. The normalized spacial score (nSPS) is 10.8. The van der Waals surface area contributed by atoms with Crippen LogP contribution in [0.5, 0.6) is 0 Å². The first-order chi connectivity index (χ1) is 11.3. The molecule has 0 saturated heterocycles. The Morgan fingerprint density at radius 3 is 2.83 bits per heavy atom. The van der Waals surface area contributed by atoms with Crippen LogP contribution in [0.1, 0.15) is 10.4 Å². The van der Waals surface area contributed by atoms with Crippen LogP contribution in [0.3, 0.4) is 0 Å². The minimum atomic E-state index is -0.188. The Kier molecular flexibility index (Phi) is 3.36. The number of H-pyrrole nitrogens is 1. The van der Waals surface area contributed by atoms with E-state index in [4.69, 9.17) is 0 Å². The fraction of sp³-hybridized carbons (Fsp3) is 0. The fourth-order valence-electron chi connectivity index (χ4n) is 2.41.